The molecule has 0 heterocycles. The van der Waals surface area contributed by atoms with E-state index in [1.807, 2.05) is 6.92 Å². The van der Waals surface area contributed by atoms with Gasteiger partial charge in [0.25, 0.3) is 0 Å². The zero-order chi connectivity index (χ0) is 24.7. The van der Waals surface area contributed by atoms with Crippen molar-refractivity contribution in [2.24, 2.45) is 0 Å². The first-order valence-electron chi connectivity index (χ1n) is 9.23. The standard InChI is InChI=1S/C17H22F12O2/c1-2-3-4-5-6-7-8-9-11(30)31-10-13(20,21)15(24,25)17(28,29)16(26,27)14(22,23)12(18)19/h12H,2-10H2,1H3. The largest absolute Gasteiger partial charge is 0.459 e. The maximum atomic E-state index is 13.5. The van der Waals surface area contributed by atoms with Gasteiger partial charge < -0.3 is 4.74 Å². The third-order valence-electron chi connectivity index (χ3n) is 4.34. The van der Waals surface area contributed by atoms with E-state index in [-0.39, 0.29) is 6.42 Å². The Morgan fingerprint density at radius 3 is 1.61 bits per heavy atom. The zero-order valence-electron chi connectivity index (χ0n) is 16.3. The molecule has 0 spiro atoms. The van der Waals surface area contributed by atoms with Crippen LogP contribution in [0.5, 0.6) is 0 Å². The lowest BCUT2D eigenvalue weighted by Crippen LogP contribution is -2.69. The van der Waals surface area contributed by atoms with E-state index in [4.69, 9.17) is 0 Å². The Labute approximate surface area is 170 Å². The number of hydrogen-bond donors (Lipinski definition) is 0. The van der Waals surface area contributed by atoms with Crippen LogP contribution in [0.25, 0.3) is 0 Å². The number of rotatable bonds is 15. The Balaban J connectivity index is 5.02. The molecule has 0 saturated heterocycles. The summed E-state index contributed by atoms with van der Waals surface area (Å²) in [5, 5.41) is 0. The normalized spacial score (nSPS) is 14.3. The summed E-state index contributed by atoms with van der Waals surface area (Å²) in [4.78, 5) is 11.3. The van der Waals surface area contributed by atoms with Gasteiger partial charge in [0.15, 0.2) is 6.61 Å². The predicted octanol–water partition coefficient (Wildman–Crippen LogP) is 7.11. The second-order valence-electron chi connectivity index (χ2n) is 6.88. The molecule has 0 unspecified atom stereocenters. The molecule has 0 fully saturated rings. The van der Waals surface area contributed by atoms with E-state index in [1.54, 1.807) is 0 Å². The third-order valence-corrected chi connectivity index (χ3v) is 4.34. The fourth-order valence-corrected chi connectivity index (χ4v) is 2.33. The molecule has 0 aromatic carbocycles. The Bertz CT molecular complexity index is 563. The lowest BCUT2D eigenvalue weighted by atomic mass is 9.94. The molecule has 31 heavy (non-hydrogen) atoms. The van der Waals surface area contributed by atoms with Crippen LogP contribution in [-0.2, 0) is 9.53 Å². The molecule has 0 aromatic rings. The van der Waals surface area contributed by atoms with Crippen LogP contribution in [0.3, 0.4) is 0 Å². The molecular weight excluding hydrogens is 464 g/mol. The van der Waals surface area contributed by atoms with Gasteiger partial charge in [0.1, 0.15) is 0 Å². The first-order chi connectivity index (χ1) is 13.9. The van der Waals surface area contributed by atoms with Gasteiger partial charge in [-0.3, -0.25) is 4.79 Å². The van der Waals surface area contributed by atoms with Crippen molar-refractivity contribution in [3.8, 4) is 0 Å². The Hall–Kier alpha value is -1.37. The second kappa shape index (κ2) is 11.0. The molecule has 0 amide bonds. The molecule has 0 bridgehead atoms. The molecule has 0 aromatic heterocycles. The number of hydrogen-bond acceptors (Lipinski definition) is 2. The molecule has 14 heteroatoms. The number of halogens is 12. The van der Waals surface area contributed by atoms with Crippen LogP contribution in [0.4, 0.5) is 52.7 Å². The number of unbranched alkanes of at least 4 members (excludes halogenated alkanes) is 6. The second-order valence-corrected chi connectivity index (χ2v) is 6.88. The van der Waals surface area contributed by atoms with Gasteiger partial charge in [-0.05, 0) is 6.42 Å². The molecule has 0 saturated carbocycles. The van der Waals surface area contributed by atoms with E-state index in [0.29, 0.717) is 12.8 Å². The quantitative estimate of drug-likeness (QED) is 0.140. The lowest BCUT2D eigenvalue weighted by molar-refractivity contribution is -0.414. The van der Waals surface area contributed by atoms with Gasteiger partial charge in [-0.2, -0.15) is 43.9 Å². The van der Waals surface area contributed by atoms with E-state index < -0.39 is 55.0 Å². The molecule has 186 valence electrons. The minimum absolute atomic E-state index is 0.0712. The van der Waals surface area contributed by atoms with Crippen molar-refractivity contribution in [3.63, 3.8) is 0 Å². The summed E-state index contributed by atoms with van der Waals surface area (Å²) < 4.78 is 159. The van der Waals surface area contributed by atoms with E-state index in [9.17, 15) is 57.5 Å². The molecule has 0 atom stereocenters. The summed E-state index contributed by atoms with van der Waals surface area (Å²) in [6.45, 7) is -0.877. The zero-order valence-corrected chi connectivity index (χ0v) is 16.3. The van der Waals surface area contributed by atoms with Crippen molar-refractivity contribution in [2.75, 3.05) is 6.61 Å². The van der Waals surface area contributed by atoms with E-state index >= 15 is 0 Å². The van der Waals surface area contributed by atoms with Crippen LogP contribution < -0.4 is 0 Å². The first-order valence-corrected chi connectivity index (χ1v) is 9.23. The van der Waals surface area contributed by atoms with Gasteiger partial charge in [0, 0.05) is 6.42 Å². The van der Waals surface area contributed by atoms with Crippen LogP contribution in [0, 0.1) is 0 Å². The van der Waals surface area contributed by atoms with Gasteiger partial charge in [-0.25, -0.2) is 8.78 Å². The molecular formula is C17H22F12O2. The van der Waals surface area contributed by atoms with Crippen molar-refractivity contribution in [1.82, 2.24) is 0 Å². The topological polar surface area (TPSA) is 26.3 Å². The Morgan fingerprint density at radius 2 is 1.16 bits per heavy atom. The number of carbonyl (C=O) groups is 1. The van der Waals surface area contributed by atoms with Gasteiger partial charge >= 0.3 is 42.0 Å². The fraction of sp³-hybridized carbons (Fsp3) is 0.941. The first kappa shape index (κ1) is 29.6. The third kappa shape index (κ3) is 6.56. The van der Waals surface area contributed by atoms with Crippen LogP contribution in [0.2, 0.25) is 0 Å². The SMILES string of the molecule is CCCCCCCCCC(=O)OCC(F)(F)C(F)(F)C(F)(F)C(F)(F)C(F)(F)C(F)F. The van der Waals surface area contributed by atoms with Crippen molar-refractivity contribution < 1.29 is 62.2 Å². The smallest absolute Gasteiger partial charge is 0.384 e. The molecule has 0 aliphatic heterocycles. The minimum atomic E-state index is -7.62. The van der Waals surface area contributed by atoms with E-state index in [2.05, 4.69) is 4.74 Å². The maximum absolute atomic E-state index is 13.5. The molecule has 2 nitrogen and oxygen atoms in total. The predicted molar refractivity (Wildman–Crippen MR) is 84.3 cm³/mol. The van der Waals surface area contributed by atoms with Gasteiger partial charge in [-0.15, -0.1) is 0 Å². The molecule has 0 N–H and O–H groups in total. The number of alkyl halides is 12. The highest BCUT2D eigenvalue weighted by Crippen LogP contribution is 2.58. The van der Waals surface area contributed by atoms with E-state index in [1.165, 1.54) is 0 Å². The van der Waals surface area contributed by atoms with Crippen LogP contribution in [0.15, 0.2) is 0 Å². The average molecular weight is 486 g/mol. The van der Waals surface area contributed by atoms with Crippen molar-refractivity contribution in [3.05, 3.63) is 0 Å². The summed E-state index contributed by atoms with van der Waals surface area (Å²) in [5.74, 6) is -37.3. The highest BCUT2D eigenvalue weighted by molar-refractivity contribution is 5.69. The average Bonchev–Trinajstić information content (AvgIpc) is 2.64. The van der Waals surface area contributed by atoms with Crippen molar-refractivity contribution in [2.45, 2.75) is 94.3 Å². The summed E-state index contributed by atoms with van der Waals surface area (Å²) >= 11 is 0. The summed E-state index contributed by atoms with van der Waals surface area (Å²) in [5.41, 5.74) is 0. The van der Waals surface area contributed by atoms with E-state index in [0.717, 1.165) is 25.7 Å². The summed E-state index contributed by atoms with van der Waals surface area (Å²) in [6.07, 6.45) is -1.33. The highest BCUT2D eigenvalue weighted by atomic mass is 19.4. The Kier molecular flexibility index (Phi) is 10.5. The summed E-state index contributed by atoms with van der Waals surface area (Å²) in [7, 11) is 0. The summed E-state index contributed by atoms with van der Waals surface area (Å²) in [6, 6.07) is 0. The number of ether oxygens (including phenoxy) is 1. The number of carbonyl (C=O) groups excluding carboxylic acids is 1. The maximum Gasteiger partial charge on any atom is 0.384 e. The van der Waals surface area contributed by atoms with Gasteiger partial charge in [0.2, 0.25) is 0 Å². The highest BCUT2D eigenvalue weighted by Gasteiger charge is 2.87. The van der Waals surface area contributed by atoms with Crippen molar-refractivity contribution >= 4 is 5.97 Å². The Morgan fingerprint density at radius 1 is 0.710 bits per heavy atom. The minimum Gasteiger partial charge on any atom is -0.459 e. The fourth-order valence-electron chi connectivity index (χ4n) is 2.33. The molecule has 0 radical (unpaired) electrons. The molecule has 0 aliphatic rings. The van der Waals surface area contributed by atoms with Gasteiger partial charge in [0.05, 0.1) is 0 Å². The molecule has 0 aliphatic carbocycles. The van der Waals surface area contributed by atoms with Crippen LogP contribution >= 0.6 is 0 Å². The monoisotopic (exact) mass is 486 g/mol. The van der Waals surface area contributed by atoms with Crippen LogP contribution in [-0.4, -0.2) is 48.6 Å². The number of esters is 1. The lowest BCUT2D eigenvalue weighted by Gasteiger charge is -2.38. The van der Waals surface area contributed by atoms with Crippen molar-refractivity contribution in [1.29, 1.82) is 0 Å². The van der Waals surface area contributed by atoms with Crippen LogP contribution in [0.1, 0.15) is 58.3 Å². The molecule has 0 rings (SSSR count). The van der Waals surface area contributed by atoms with Gasteiger partial charge in [-0.1, -0.05) is 45.4 Å².